The van der Waals surface area contributed by atoms with Gasteiger partial charge in [0.15, 0.2) is 0 Å². The Morgan fingerprint density at radius 2 is 1.13 bits per heavy atom. The summed E-state index contributed by atoms with van der Waals surface area (Å²) in [6, 6.07) is 5.42. The fourth-order valence-electron chi connectivity index (χ4n) is 5.54. The predicted molar refractivity (Wildman–Crippen MR) is 172 cm³/mol. The molecule has 4 heterocycles. The smallest absolute Gasteiger partial charge is 0.277 e. The minimum absolute atomic E-state index is 0.00845. The molecule has 2 aromatic heterocycles. The fourth-order valence-corrected chi connectivity index (χ4v) is 6.55. The number of phenols is 1. The third-order valence-corrected chi connectivity index (χ3v) is 8.96. The number of benzene rings is 2. The molecule has 238 valence electrons. The minimum Gasteiger partial charge on any atom is -0.506 e. The van der Waals surface area contributed by atoms with Crippen molar-refractivity contribution in [1.29, 1.82) is 0 Å². The first-order valence-corrected chi connectivity index (χ1v) is 15.8. The molecule has 0 saturated carbocycles. The largest absolute Gasteiger partial charge is 0.506 e. The molecule has 14 heteroatoms. The second-order valence-corrected chi connectivity index (χ2v) is 12.2. The maximum absolute atomic E-state index is 14.9. The van der Waals surface area contributed by atoms with Gasteiger partial charge < -0.3 is 9.84 Å². The first-order chi connectivity index (χ1) is 21.5. The lowest BCUT2D eigenvalue weighted by atomic mass is 10.1. The van der Waals surface area contributed by atoms with Crippen LogP contribution in [0.3, 0.4) is 0 Å². The number of terminal acetylenes is 1. The Hall–Kier alpha value is -3.36. The molecule has 0 bridgehead atoms. The van der Waals surface area contributed by atoms with Gasteiger partial charge in [0.2, 0.25) is 11.9 Å². The molecule has 0 unspecified atom stereocenters. The molecule has 0 saturated heterocycles. The van der Waals surface area contributed by atoms with E-state index in [9.17, 15) is 23.5 Å². The lowest BCUT2D eigenvalue weighted by molar-refractivity contribution is 0.371. The summed E-state index contributed by atoms with van der Waals surface area (Å²) >= 11 is 24.1. The molecule has 4 aromatic rings. The molecule has 8 nitrogen and oxygen atoms in total. The number of hydrogen-bond donors (Lipinski definition) is 1. The third-order valence-electron chi connectivity index (χ3n) is 7.73. The van der Waals surface area contributed by atoms with Gasteiger partial charge in [0.1, 0.15) is 29.2 Å². The Balaban J connectivity index is 0.000000179. The van der Waals surface area contributed by atoms with E-state index in [2.05, 4.69) is 5.92 Å². The first-order valence-electron chi connectivity index (χ1n) is 14.3. The van der Waals surface area contributed by atoms with E-state index in [1.807, 2.05) is 0 Å². The van der Waals surface area contributed by atoms with Crippen LogP contribution in [0, 0.1) is 24.2 Å². The van der Waals surface area contributed by atoms with E-state index in [0.29, 0.717) is 26.2 Å². The van der Waals surface area contributed by atoms with Crippen LogP contribution in [0.2, 0.25) is 20.1 Å². The van der Waals surface area contributed by atoms with E-state index in [4.69, 9.17) is 57.6 Å². The molecule has 0 spiro atoms. The maximum Gasteiger partial charge on any atom is 0.277 e. The molecule has 0 amide bonds. The fraction of sp³-hybridized carbons (Fsp3) is 0.355. The highest BCUT2D eigenvalue weighted by Crippen LogP contribution is 2.38. The highest BCUT2D eigenvalue weighted by Gasteiger charge is 2.26. The molecule has 2 aliphatic heterocycles. The van der Waals surface area contributed by atoms with E-state index in [1.54, 1.807) is 0 Å². The summed E-state index contributed by atoms with van der Waals surface area (Å²) in [5.74, 6) is 1.15. The van der Waals surface area contributed by atoms with Gasteiger partial charge in [0.05, 0.1) is 20.1 Å². The summed E-state index contributed by atoms with van der Waals surface area (Å²) in [4.78, 5) is 25.2. The Bertz CT molecular complexity index is 1920. The predicted octanol–water partition coefficient (Wildman–Crippen LogP) is 7.61. The quantitative estimate of drug-likeness (QED) is 0.222. The summed E-state index contributed by atoms with van der Waals surface area (Å²) in [7, 11) is 0. The van der Waals surface area contributed by atoms with Crippen LogP contribution in [-0.4, -0.2) is 30.4 Å². The van der Waals surface area contributed by atoms with Crippen LogP contribution in [0.1, 0.15) is 38.5 Å². The molecular weight excluding hydrogens is 672 g/mol. The molecule has 45 heavy (non-hydrogen) atoms. The topological polar surface area (TPSA) is 83.3 Å². The van der Waals surface area contributed by atoms with Gasteiger partial charge in [-0.2, -0.15) is 8.78 Å². The van der Waals surface area contributed by atoms with E-state index >= 15 is 0 Å². The Morgan fingerprint density at radius 1 is 0.689 bits per heavy atom. The van der Waals surface area contributed by atoms with Crippen LogP contribution in [0.15, 0.2) is 33.9 Å². The van der Waals surface area contributed by atoms with Gasteiger partial charge >= 0.3 is 0 Å². The van der Waals surface area contributed by atoms with Gasteiger partial charge in [0, 0.05) is 37.3 Å². The second-order valence-electron chi connectivity index (χ2n) is 10.6. The Kier molecular flexibility index (Phi) is 10.2. The van der Waals surface area contributed by atoms with E-state index in [1.165, 1.54) is 43.0 Å². The van der Waals surface area contributed by atoms with Crippen LogP contribution in [-0.2, 0) is 26.2 Å². The molecule has 2 aromatic carbocycles. The van der Waals surface area contributed by atoms with Crippen molar-refractivity contribution < 1.29 is 18.6 Å². The van der Waals surface area contributed by atoms with Crippen LogP contribution >= 0.6 is 46.4 Å². The maximum atomic E-state index is 14.9. The van der Waals surface area contributed by atoms with Gasteiger partial charge in [-0.05, 0) is 62.8 Å². The average Bonchev–Trinajstić information content (AvgIpc) is 3.24. The van der Waals surface area contributed by atoms with Crippen LogP contribution in [0.25, 0.3) is 22.3 Å². The van der Waals surface area contributed by atoms with Gasteiger partial charge in [-0.1, -0.05) is 52.3 Å². The molecule has 2 aliphatic rings. The number of aromatic hydroxyl groups is 1. The molecule has 0 atom stereocenters. The Morgan fingerprint density at radius 3 is 1.62 bits per heavy atom. The number of rotatable bonds is 4. The average molecular weight is 700 g/mol. The summed E-state index contributed by atoms with van der Waals surface area (Å²) in [5.41, 5.74) is -0.602. The van der Waals surface area contributed by atoms with Gasteiger partial charge in [-0.15, -0.1) is 6.42 Å². The number of phenolic OH excluding ortho intramolecular Hbond substituents is 1. The summed E-state index contributed by atoms with van der Waals surface area (Å²) in [6.45, 7) is 1.90. The molecule has 0 radical (unpaired) electrons. The standard InChI is InChI=1S/C17H15Cl2FN2O2.C14H13Cl2FN2O2/c1-2-8-24-14-9-11(12(18)10-13(14)19)15-16(20)21-6-4-3-5-7-22(21)17(15)23;15-9-7-10(16)11(20)6-8(9)12-13(17)18-4-2-1-3-5-19(18)14(12)21/h1,9-10H,3-8H2;6-7,20H,1-5H2. The molecule has 0 fully saturated rings. The number of fused-ring (bicyclic) bond motifs is 2. The van der Waals surface area contributed by atoms with Crippen molar-refractivity contribution in [3.8, 4) is 46.1 Å². The third kappa shape index (κ3) is 6.50. The van der Waals surface area contributed by atoms with Crippen molar-refractivity contribution in [2.24, 2.45) is 0 Å². The zero-order valence-corrected chi connectivity index (χ0v) is 26.9. The Labute approximate surface area is 277 Å². The van der Waals surface area contributed by atoms with Gasteiger partial charge in [0.25, 0.3) is 11.1 Å². The van der Waals surface area contributed by atoms with Crippen LogP contribution in [0.5, 0.6) is 11.5 Å². The van der Waals surface area contributed by atoms with E-state index in [-0.39, 0.29) is 60.5 Å². The lowest BCUT2D eigenvalue weighted by Crippen LogP contribution is -2.22. The first kappa shape index (κ1) is 33.0. The van der Waals surface area contributed by atoms with E-state index < -0.39 is 23.0 Å². The summed E-state index contributed by atoms with van der Waals surface area (Å²) in [6.07, 6.45) is 10.4. The second kappa shape index (κ2) is 14.0. The zero-order valence-electron chi connectivity index (χ0n) is 23.9. The monoisotopic (exact) mass is 698 g/mol. The molecule has 6 rings (SSSR count). The van der Waals surface area contributed by atoms with Crippen molar-refractivity contribution in [2.45, 2.75) is 64.7 Å². The molecule has 1 N–H and O–H groups in total. The number of nitrogens with zero attached hydrogens (tertiary/aromatic N) is 4. The van der Waals surface area contributed by atoms with Crippen molar-refractivity contribution in [2.75, 3.05) is 6.61 Å². The molecule has 0 aliphatic carbocycles. The van der Waals surface area contributed by atoms with Gasteiger partial charge in [-0.25, -0.2) is 9.36 Å². The zero-order chi connectivity index (χ0) is 32.4. The normalized spacial score (nSPS) is 14.3. The van der Waals surface area contributed by atoms with Crippen molar-refractivity contribution in [3.05, 3.63) is 77.0 Å². The highest BCUT2D eigenvalue weighted by atomic mass is 35.5. The number of aromatic nitrogens is 4. The SMILES string of the molecule is C#CCOc1cc(-c2c(F)n3n(c2=O)CCCCC3)c(Cl)cc1Cl.O=c1c(-c2cc(O)c(Cl)cc2Cl)c(F)n2n1CCCCC2. The van der Waals surface area contributed by atoms with Gasteiger partial charge in [-0.3, -0.25) is 19.0 Å². The molecular formula is C31H28Cl4F2N4O4. The number of ether oxygens (including phenoxy) is 1. The van der Waals surface area contributed by atoms with Crippen LogP contribution < -0.4 is 15.9 Å². The van der Waals surface area contributed by atoms with Crippen LogP contribution in [0.4, 0.5) is 8.78 Å². The number of hydrogen-bond acceptors (Lipinski definition) is 4. The summed E-state index contributed by atoms with van der Waals surface area (Å²) < 4.78 is 40.4. The minimum atomic E-state index is -0.620. The van der Waals surface area contributed by atoms with Crippen molar-refractivity contribution in [3.63, 3.8) is 0 Å². The lowest BCUT2D eigenvalue weighted by Gasteiger charge is -2.09. The summed E-state index contributed by atoms with van der Waals surface area (Å²) in [5, 5.41) is 10.3. The van der Waals surface area contributed by atoms with Crippen molar-refractivity contribution >= 4 is 46.4 Å². The number of halogens is 6. The highest BCUT2D eigenvalue weighted by molar-refractivity contribution is 6.37. The van der Waals surface area contributed by atoms with E-state index in [0.717, 1.165) is 38.5 Å². The van der Waals surface area contributed by atoms with Crippen molar-refractivity contribution in [1.82, 2.24) is 18.7 Å².